The first-order valence-electron chi connectivity index (χ1n) is 5.73. The summed E-state index contributed by atoms with van der Waals surface area (Å²) in [5.74, 6) is -0.0531. The van der Waals surface area contributed by atoms with Crippen LogP contribution in [0.15, 0.2) is 21.5 Å². The fourth-order valence-corrected chi connectivity index (χ4v) is 3.84. The van der Waals surface area contributed by atoms with Crippen LogP contribution in [0.1, 0.15) is 16.8 Å². The third kappa shape index (κ3) is 5.67. The summed E-state index contributed by atoms with van der Waals surface area (Å²) in [7, 11) is -4.96. The molecule has 0 saturated heterocycles. The predicted molar refractivity (Wildman–Crippen MR) is 86.4 cm³/mol. The Kier molecular flexibility index (Phi) is 6.79. The van der Waals surface area contributed by atoms with E-state index in [0.717, 1.165) is 0 Å². The summed E-state index contributed by atoms with van der Waals surface area (Å²) in [6.07, 6.45) is 2.12. The zero-order chi connectivity index (χ0) is 16.2. The molecule has 10 heteroatoms. The molecule has 1 unspecified atom stereocenters. The number of benzene rings is 1. The van der Waals surface area contributed by atoms with Gasteiger partial charge >= 0.3 is 0 Å². The van der Waals surface area contributed by atoms with Crippen LogP contribution in [-0.4, -0.2) is 37.1 Å². The van der Waals surface area contributed by atoms with Gasteiger partial charge in [-0.05, 0) is 18.6 Å². The number of rotatable bonds is 6. The Morgan fingerprint density at radius 1 is 1.48 bits per heavy atom. The number of primary sulfonamides is 1. The van der Waals surface area contributed by atoms with Crippen molar-refractivity contribution in [1.29, 1.82) is 0 Å². The highest BCUT2D eigenvalue weighted by Crippen LogP contribution is 2.28. The molecule has 6 nitrogen and oxygen atoms in total. The fraction of sp³-hybridized carbons (Fsp3) is 0.364. The van der Waals surface area contributed by atoms with E-state index >= 15 is 0 Å². The van der Waals surface area contributed by atoms with Gasteiger partial charge in [0.15, 0.2) is 0 Å². The quantitative estimate of drug-likeness (QED) is 0.679. The van der Waals surface area contributed by atoms with Gasteiger partial charge in [-0.25, -0.2) is 13.6 Å². The van der Waals surface area contributed by atoms with Crippen LogP contribution in [0, 0.1) is 0 Å². The van der Waals surface area contributed by atoms with Crippen LogP contribution >= 0.6 is 27.5 Å². The van der Waals surface area contributed by atoms with Crippen LogP contribution in [0.2, 0.25) is 5.02 Å². The first-order chi connectivity index (χ1) is 9.62. The van der Waals surface area contributed by atoms with Crippen LogP contribution in [0.25, 0.3) is 0 Å². The fourth-order valence-electron chi connectivity index (χ4n) is 1.51. The van der Waals surface area contributed by atoms with E-state index in [0.29, 0.717) is 23.2 Å². The zero-order valence-electron chi connectivity index (χ0n) is 11.1. The molecule has 1 aromatic carbocycles. The molecule has 0 aliphatic carbocycles. The highest BCUT2D eigenvalue weighted by Gasteiger charge is 2.20. The average Bonchev–Trinajstić information content (AvgIpc) is 2.35. The number of sulfonamides is 1. The largest absolute Gasteiger partial charge is 0.352 e. The van der Waals surface area contributed by atoms with Crippen molar-refractivity contribution >= 4 is 54.3 Å². The molecule has 0 heterocycles. The van der Waals surface area contributed by atoms with Gasteiger partial charge in [-0.1, -0.05) is 27.5 Å². The molecule has 0 bridgehead atoms. The number of carbonyl (C=O) groups excluding carboxylic acids is 1. The predicted octanol–water partition coefficient (Wildman–Crippen LogP) is 1.25. The highest BCUT2D eigenvalue weighted by atomic mass is 79.9. The van der Waals surface area contributed by atoms with E-state index in [1.807, 2.05) is 0 Å². The second kappa shape index (κ2) is 7.68. The summed E-state index contributed by atoms with van der Waals surface area (Å²) in [4.78, 5) is 11.7. The molecule has 1 atom stereocenters. The van der Waals surface area contributed by atoms with Crippen LogP contribution in [0.3, 0.4) is 0 Å². The Morgan fingerprint density at radius 3 is 2.62 bits per heavy atom. The van der Waals surface area contributed by atoms with E-state index in [1.165, 1.54) is 12.1 Å². The monoisotopic (exact) mass is 416 g/mol. The lowest BCUT2D eigenvalue weighted by Crippen LogP contribution is -2.26. The molecule has 0 aliphatic heterocycles. The third-order valence-electron chi connectivity index (χ3n) is 2.45. The molecule has 0 saturated carbocycles. The Bertz CT molecular complexity index is 679. The molecule has 0 spiro atoms. The number of nitrogens with one attached hydrogen (secondary N) is 1. The summed E-state index contributed by atoms with van der Waals surface area (Å²) in [6.45, 7) is 0.311. The van der Waals surface area contributed by atoms with Gasteiger partial charge in [0.25, 0.3) is 5.91 Å². The number of carbonyl (C=O) groups is 1. The number of amides is 1. The Balaban J connectivity index is 2.95. The maximum Gasteiger partial charge on any atom is 0.252 e. The van der Waals surface area contributed by atoms with Crippen LogP contribution in [0.5, 0.6) is 0 Å². The van der Waals surface area contributed by atoms with Gasteiger partial charge in [-0.15, -0.1) is 0 Å². The normalized spacial score (nSPS) is 13.0. The van der Waals surface area contributed by atoms with Crippen molar-refractivity contribution in [3.63, 3.8) is 0 Å². The summed E-state index contributed by atoms with van der Waals surface area (Å²) >= 11 is 9.04. The minimum atomic E-state index is -4.03. The van der Waals surface area contributed by atoms with Crippen molar-refractivity contribution in [2.45, 2.75) is 11.3 Å². The Morgan fingerprint density at radius 2 is 2.10 bits per heavy atom. The Labute approximate surface area is 139 Å². The van der Waals surface area contributed by atoms with Gasteiger partial charge in [0.2, 0.25) is 10.0 Å². The summed E-state index contributed by atoms with van der Waals surface area (Å²) in [6, 6.07) is 2.64. The minimum Gasteiger partial charge on any atom is -0.352 e. The van der Waals surface area contributed by atoms with Crippen molar-refractivity contribution in [3.05, 3.63) is 27.2 Å². The van der Waals surface area contributed by atoms with E-state index in [-0.39, 0.29) is 15.5 Å². The molecule has 118 valence electrons. The maximum atomic E-state index is 12.0. The zero-order valence-corrected chi connectivity index (χ0v) is 15.0. The van der Waals surface area contributed by atoms with E-state index in [2.05, 4.69) is 21.2 Å². The standard InChI is InChI=1S/C11H14BrClN2O4S2/c1-20(17)4-2-3-15-11(16)8-5-7(12)6-9(10(8)13)21(14,18)19/h5-6H,2-4H2,1H3,(H,15,16)(H2,14,18,19). The van der Waals surface area contributed by atoms with Crippen molar-refractivity contribution in [1.82, 2.24) is 5.32 Å². The summed E-state index contributed by atoms with van der Waals surface area (Å²) in [5, 5.41) is 7.41. The van der Waals surface area contributed by atoms with Crippen LogP contribution in [0.4, 0.5) is 0 Å². The highest BCUT2D eigenvalue weighted by molar-refractivity contribution is 9.10. The van der Waals surface area contributed by atoms with Crippen molar-refractivity contribution in [3.8, 4) is 0 Å². The third-order valence-corrected chi connectivity index (χ3v) is 5.22. The molecule has 0 aliphatic rings. The topological polar surface area (TPSA) is 106 Å². The Hall–Kier alpha value is -0.480. The molecular formula is C11H14BrClN2O4S2. The van der Waals surface area contributed by atoms with Gasteiger partial charge in [-0.2, -0.15) is 0 Å². The first kappa shape index (κ1) is 18.6. The molecule has 3 N–H and O–H groups in total. The molecule has 0 radical (unpaired) electrons. The second-order valence-corrected chi connectivity index (χ2v) is 8.58. The van der Waals surface area contributed by atoms with Gasteiger partial charge < -0.3 is 5.32 Å². The lowest BCUT2D eigenvalue weighted by molar-refractivity contribution is 0.0953. The summed E-state index contributed by atoms with van der Waals surface area (Å²) in [5.41, 5.74) is 0.00712. The second-order valence-electron chi connectivity index (χ2n) is 4.20. The number of hydrogen-bond acceptors (Lipinski definition) is 4. The van der Waals surface area contributed by atoms with E-state index < -0.39 is 26.7 Å². The maximum absolute atomic E-state index is 12.0. The van der Waals surface area contributed by atoms with Gasteiger partial charge in [0.05, 0.1) is 10.6 Å². The van der Waals surface area contributed by atoms with E-state index in [4.69, 9.17) is 16.7 Å². The van der Waals surface area contributed by atoms with Gasteiger partial charge in [0, 0.05) is 33.8 Å². The van der Waals surface area contributed by atoms with Crippen LogP contribution < -0.4 is 10.5 Å². The van der Waals surface area contributed by atoms with Crippen molar-refractivity contribution < 1.29 is 17.4 Å². The lowest BCUT2D eigenvalue weighted by Gasteiger charge is -2.10. The molecule has 1 aromatic rings. The number of nitrogens with two attached hydrogens (primary N) is 1. The molecule has 1 rings (SSSR count). The van der Waals surface area contributed by atoms with Crippen LogP contribution in [-0.2, 0) is 20.8 Å². The first-order valence-corrected chi connectivity index (χ1v) is 10.2. The molecule has 0 aromatic heterocycles. The van der Waals surface area contributed by atoms with Crippen molar-refractivity contribution in [2.24, 2.45) is 5.14 Å². The summed E-state index contributed by atoms with van der Waals surface area (Å²) < 4.78 is 34.1. The SMILES string of the molecule is CS(=O)CCCNC(=O)c1cc(Br)cc(S(N)(=O)=O)c1Cl. The van der Waals surface area contributed by atoms with Gasteiger partial charge in [-0.3, -0.25) is 9.00 Å². The van der Waals surface area contributed by atoms with Crippen molar-refractivity contribution in [2.75, 3.05) is 18.6 Å². The van der Waals surface area contributed by atoms with Gasteiger partial charge in [0.1, 0.15) is 4.90 Å². The number of halogens is 2. The smallest absolute Gasteiger partial charge is 0.252 e. The van der Waals surface area contributed by atoms with E-state index in [9.17, 15) is 17.4 Å². The molecule has 1 amide bonds. The minimum absolute atomic E-state index is 0.00712. The lowest BCUT2D eigenvalue weighted by atomic mass is 10.2. The average molecular weight is 418 g/mol. The molecular weight excluding hydrogens is 404 g/mol. The molecule has 21 heavy (non-hydrogen) atoms. The number of hydrogen-bond donors (Lipinski definition) is 2. The molecule has 0 fully saturated rings. The van der Waals surface area contributed by atoms with E-state index in [1.54, 1.807) is 6.26 Å².